The molecule has 5 rings (SSSR count). The molecule has 3 aromatic rings. The summed E-state index contributed by atoms with van der Waals surface area (Å²) in [5, 5.41) is 16.9. The van der Waals surface area contributed by atoms with Crippen molar-refractivity contribution < 1.29 is 4.52 Å². The van der Waals surface area contributed by atoms with Gasteiger partial charge in [0.1, 0.15) is 0 Å². The van der Waals surface area contributed by atoms with Gasteiger partial charge >= 0.3 is 0 Å². The fraction of sp³-hybridized carbons (Fsp3) is 0.318. The molecule has 134 valence electrons. The van der Waals surface area contributed by atoms with Gasteiger partial charge in [0, 0.05) is 29.5 Å². The van der Waals surface area contributed by atoms with Crippen LogP contribution in [0.25, 0.3) is 11.5 Å². The minimum absolute atomic E-state index is 0.0121. The van der Waals surface area contributed by atoms with Crippen molar-refractivity contribution in [1.82, 2.24) is 15.5 Å². The Balaban J connectivity index is 1.24. The van der Waals surface area contributed by atoms with E-state index in [1.807, 2.05) is 12.1 Å². The third kappa shape index (κ3) is 3.13. The predicted octanol–water partition coefficient (Wildman–Crippen LogP) is 3.79. The zero-order valence-corrected chi connectivity index (χ0v) is 14.9. The number of nitriles is 1. The van der Waals surface area contributed by atoms with Crippen LogP contribution in [0.5, 0.6) is 0 Å². The highest BCUT2D eigenvalue weighted by Gasteiger charge is 2.50. The number of rotatable bonds is 6. The van der Waals surface area contributed by atoms with Crippen molar-refractivity contribution in [1.29, 1.82) is 5.26 Å². The molecule has 1 heterocycles. The molecule has 0 aliphatic heterocycles. The van der Waals surface area contributed by atoms with Crippen LogP contribution >= 0.6 is 0 Å². The van der Waals surface area contributed by atoms with E-state index in [-0.39, 0.29) is 5.41 Å². The average Bonchev–Trinajstić information content (AvgIpc) is 3.64. The molecular weight excluding hydrogens is 336 g/mol. The van der Waals surface area contributed by atoms with E-state index in [0.29, 0.717) is 23.4 Å². The molecule has 2 saturated carbocycles. The molecular formula is C22H20N4O. The maximum Gasteiger partial charge on any atom is 0.257 e. The Morgan fingerprint density at radius 1 is 1.11 bits per heavy atom. The van der Waals surface area contributed by atoms with E-state index < -0.39 is 0 Å². The Bertz CT molecular complexity index is 983. The van der Waals surface area contributed by atoms with Gasteiger partial charge in [0.15, 0.2) is 5.82 Å². The van der Waals surface area contributed by atoms with Crippen molar-refractivity contribution in [3.63, 3.8) is 0 Å². The lowest BCUT2D eigenvalue weighted by Gasteiger charge is -2.12. The molecule has 1 aromatic heterocycles. The minimum Gasteiger partial charge on any atom is -0.334 e. The van der Waals surface area contributed by atoms with E-state index in [0.717, 1.165) is 30.8 Å². The normalized spacial score (nSPS) is 22.2. The van der Waals surface area contributed by atoms with Gasteiger partial charge in [0.05, 0.1) is 11.6 Å². The highest BCUT2D eigenvalue weighted by atomic mass is 16.5. The van der Waals surface area contributed by atoms with Crippen LogP contribution in [-0.2, 0) is 5.41 Å². The predicted molar refractivity (Wildman–Crippen MR) is 101 cm³/mol. The third-order valence-corrected chi connectivity index (χ3v) is 5.74. The second kappa shape index (κ2) is 6.33. The molecule has 5 heteroatoms. The number of hydrogen-bond acceptors (Lipinski definition) is 5. The maximum absolute atomic E-state index is 8.91. The molecule has 5 nitrogen and oxygen atoms in total. The van der Waals surface area contributed by atoms with Crippen molar-refractivity contribution in [2.24, 2.45) is 0 Å². The molecule has 2 fully saturated rings. The molecule has 27 heavy (non-hydrogen) atoms. The van der Waals surface area contributed by atoms with Gasteiger partial charge in [-0.1, -0.05) is 35.5 Å². The highest BCUT2D eigenvalue weighted by molar-refractivity contribution is 5.54. The van der Waals surface area contributed by atoms with Crippen molar-refractivity contribution in [3.05, 3.63) is 71.5 Å². The van der Waals surface area contributed by atoms with Crippen molar-refractivity contribution in [2.75, 3.05) is 6.54 Å². The van der Waals surface area contributed by atoms with E-state index in [9.17, 15) is 0 Å². The van der Waals surface area contributed by atoms with E-state index in [1.165, 1.54) is 12.0 Å². The van der Waals surface area contributed by atoms with Gasteiger partial charge in [-0.25, -0.2) is 0 Å². The van der Waals surface area contributed by atoms with Gasteiger partial charge in [-0.05, 0) is 49.1 Å². The Kier molecular flexibility index (Phi) is 3.80. The fourth-order valence-electron chi connectivity index (χ4n) is 3.69. The summed E-state index contributed by atoms with van der Waals surface area (Å²) in [6, 6.07) is 20.6. The molecule has 2 unspecified atom stereocenters. The lowest BCUT2D eigenvalue weighted by molar-refractivity contribution is 0.409. The Morgan fingerprint density at radius 3 is 2.59 bits per heavy atom. The van der Waals surface area contributed by atoms with Gasteiger partial charge in [0.2, 0.25) is 0 Å². The summed E-state index contributed by atoms with van der Waals surface area (Å²) in [6.45, 7) is 0.896. The van der Waals surface area contributed by atoms with Crippen LogP contribution in [0.2, 0.25) is 0 Å². The monoisotopic (exact) mass is 356 g/mol. The Morgan fingerprint density at radius 2 is 1.89 bits per heavy atom. The number of nitrogens with one attached hydrogen (secondary N) is 1. The van der Waals surface area contributed by atoms with E-state index in [2.05, 4.69) is 51.9 Å². The highest BCUT2D eigenvalue weighted by Crippen LogP contribution is 2.48. The summed E-state index contributed by atoms with van der Waals surface area (Å²) < 4.78 is 5.49. The topological polar surface area (TPSA) is 74.7 Å². The van der Waals surface area contributed by atoms with Gasteiger partial charge < -0.3 is 9.84 Å². The van der Waals surface area contributed by atoms with E-state index in [4.69, 9.17) is 9.78 Å². The molecule has 2 atom stereocenters. The number of hydrogen-bond donors (Lipinski definition) is 1. The van der Waals surface area contributed by atoms with Crippen molar-refractivity contribution >= 4 is 0 Å². The number of nitrogens with zero attached hydrogens (tertiary/aromatic N) is 3. The van der Waals surface area contributed by atoms with Gasteiger partial charge in [-0.2, -0.15) is 10.2 Å². The first-order chi connectivity index (χ1) is 13.3. The first kappa shape index (κ1) is 16.2. The van der Waals surface area contributed by atoms with Crippen LogP contribution < -0.4 is 5.32 Å². The number of aromatic nitrogens is 2. The van der Waals surface area contributed by atoms with Gasteiger partial charge in [-0.15, -0.1) is 0 Å². The number of benzene rings is 2. The molecule has 1 N–H and O–H groups in total. The smallest absolute Gasteiger partial charge is 0.257 e. The van der Waals surface area contributed by atoms with Crippen LogP contribution in [0.15, 0.2) is 59.1 Å². The van der Waals surface area contributed by atoms with E-state index in [1.54, 1.807) is 12.1 Å². The third-order valence-electron chi connectivity index (χ3n) is 5.74. The van der Waals surface area contributed by atoms with E-state index >= 15 is 0 Å². The molecule has 2 aromatic carbocycles. The summed E-state index contributed by atoms with van der Waals surface area (Å²) in [4.78, 5) is 4.65. The summed E-state index contributed by atoms with van der Waals surface area (Å²) >= 11 is 0. The Labute approximate surface area is 158 Å². The molecule has 0 spiro atoms. The van der Waals surface area contributed by atoms with Crippen LogP contribution in [0.1, 0.15) is 42.1 Å². The zero-order chi connectivity index (χ0) is 18.3. The molecule has 0 amide bonds. The summed E-state index contributed by atoms with van der Waals surface area (Å²) in [6.07, 6.45) is 3.38. The van der Waals surface area contributed by atoms with Crippen molar-refractivity contribution in [2.45, 2.75) is 36.6 Å². The van der Waals surface area contributed by atoms with Crippen LogP contribution in [0.4, 0.5) is 0 Å². The maximum atomic E-state index is 8.91. The zero-order valence-electron chi connectivity index (χ0n) is 14.9. The molecule has 0 radical (unpaired) electrons. The van der Waals surface area contributed by atoms with Gasteiger partial charge in [-0.3, -0.25) is 0 Å². The summed E-state index contributed by atoms with van der Waals surface area (Å²) in [5.74, 6) is 1.95. The first-order valence-corrected chi connectivity index (χ1v) is 9.40. The standard InChI is InChI=1S/C22H20N4O/c23-13-15-6-8-17(9-7-15)20-25-21(26-27-20)22(10-11-22)14-24-19-12-18(19)16-4-2-1-3-5-16/h1-9,18-19,24H,10-12,14H2. The largest absolute Gasteiger partial charge is 0.334 e. The van der Waals surface area contributed by atoms with Crippen molar-refractivity contribution in [3.8, 4) is 17.5 Å². The van der Waals surface area contributed by atoms with Crippen LogP contribution in [0, 0.1) is 11.3 Å². The average molecular weight is 356 g/mol. The Hall–Kier alpha value is -2.97. The molecule has 0 bridgehead atoms. The summed E-state index contributed by atoms with van der Waals surface area (Å²) in [7, 11) is 0. The summed E-state index contributed by atoms with van der Waals surface area (Å²) in [5.41, 5.74) is 2.90. The quantitative estimate of drug-likeness (QED) is 0.727. The molecule has 0 saturated heterocycles. The van der Waals surface area contributed by atoms with Crippen LogP contribution in [-0.4, -0.2) is 22.7 Å². The van der Waals surface area contributed by atoms with Gasteiger partial charge in [0.25, 0.3) is 5.89 Å². The second-order valence-corrected chi connectivity index (χ2v) is 7.63. The van der Waals surface area contributed by atoms with Crippen LogP contribution in [0.3, 0.4) is 0 Å². The lowest BCUT2D eigenvalue weighted by Crippen LogP contribution is -2.30. The molecule has 2 aliphatic carbocycles. The lowest BCUT2D eigenvalue weighted by atomic mass is 10.1. The minimum atomic E-state index is 0.0121. The first-order valence-electron chi connectivity index (χ1n) is 9.40. The molecule has 2 aliphatic rings. The fourth-order valence-corrected chi connectivity index (χ4v) is 3.69. The second-order valence-electron chi connectivity index (χ2n) is 7.63. The SMILES string of the molecule is N#Cc1ccc(-c2nc(C3(CNC4CC4c4ccccc4)CC3)no2)cc1.